The van der Waals surface area contributed by atoms with Crippen molar-refractivity contribution in [3.05, 3.63) is 10.2 Å². The molecule has 1 aromatic heterocycles. The zero-order chi connectivity index (χ0) is 12.6. The first kappa shape index (κ1) is 13.2. The average Bonchev–Trinajstić information content (AvgIpc) is 2.59. The van der Waals surface area contributed by atoms with Gasteiger partial charge in [-0.2, -0.15) is 4.31 Å². The predicted octanol–water partition coefficient (Wildman–Crippen LogP) is 1.51. The molecule has 0 aromatic carbocycles. The molecule has 0 amide bonds. The van der Waals surface area contributed by atoms with Crippen LogP contribution in [0.25, 0.3) is 0 Å². The van der Waals surface area contributed by atoms with E-state index >= 15 is 0 Å². The summed E-state index contributed by atoms with van der Waals surface area (Å²) in [5, 5.41) is 0. The fraction of sp³-hybridized carbons (Fsp3) is 0.667. The minimum atomic E-state index is -3.50. The Balaban J connectivity index is 2.39. The minimum Gasteiger partial charge on any atom is -0.378 e. The van der Waals surface area contributed by atoms with Crippen molar-refractivity contribution in [3.63, 3.8) is 0 Å². The molecule has 0 unspecified atom stereocenters. The summed E-state index contributed by atoms with van der Waals surface area (Å²) in [7, 11) is -3.50. The molecule has 2 rings (SSSR count). The third-order valence-corrected chi connectivity index (χ3v) is 6.44. The van der Waals surface area contributed by atoms with Gasteiger partial charge in [-0.25, -0.2) is 13.4 Å². The molecule has 0 aliphatic carbocycles. The van der Waals surface area contributed by atoms with Crippen molar-refractivity contribution in [2.24, 2.45) is 0 Å². The van der Waals surface area contributed by atoms with Gasteiger partial charge in [0, 0.05) is 12.6 Å². The zero-order valence-electron chi connectivity index (χ0n) is 9.51. The topological polar surface area (TPSA) is 59.5 Å². The number of hydrogen-bond acceptors (Lipinski definition) is 5. The first-order valence-corrected chi connectivity index (χ1v) is 7.79. The summed E-state index contributed by atoms with van der Waals surface area (Å²) in [5.74, 6) is 0. The lowest BCUT2D eigenvalue weighted by atomic mass is 10.3. The van der Waals surface area contributed by atoms with Crippen LogP contribution in [0.1, 0.15) is 12.6 Å². The van der Waals surface area contributed by atoms with Gasteiger partial charge < -0.3 is 4.74 Å². The number of hydrogen-bond donors (Lipinski definition) is 0. The van der Waals surface area contributed by atoms with Crippen LogP contribution < -0.4 is 0 Å². The number of aryl methyl sites for hydroxylation is 1. The summed E-state index contributed by atoms with van der Waals surface area (Å²) in [4.78, 5) is 3.94. The van der Waals surface area contributed by atoms with Crippen LogP contribution in [0, 0.1) is 6.92 Å². The summed E-state index contributed by atoms with van der Waals surface area (Å²) in [6.45, 7) is 4.70. The number of thiazole rings is 1. The molecular weight excluding hydrogens is 284 g/mol. The van der Waals surface area contributed by atoms with Gasteiger partial charge in [0.15, 0.2) is 8.68 Å². The van der Waals surface area contributed by atoms with E-state index in [0.29, 0.717) is 25.5 Å². The number of rotatable bonds is 2. The molecule has 1 aliphatic heterocycles. The molecular formula is C9H13ClN2O3S2. The van der Waals surface area contributed by atoms with E-state index in [0.717, 1.165) is 11.3 Å². The van der Waals surface area contributed by atoms with E-state index in [9.17, 15) is 8.42 Å². The van der Waals surface area contributed by atoms with E-state index in [4.69, 9.17) is 16.3 Å². The fourth-order valence-electron chi connectivity index (χ4n) is 1.77. The third-order valence-electron chi connectivity index (χ3n) is 2.58. The van der Waals surface area contributed by atoms with Crippen LogP contribution in [0.15, 0.2) is 4.21 Å². The zero-order valence-corrected chi connectivity index (χ0v) is 11.9. The van der Waals surface area contributed by atoms with Gasteiger partial charge in [-0.15, -0.1) is 0 Å². The highest BCUT2D eigenvalue weighted by atomic mass is 35.5. The first-order valence-electron chi connectivity index (χ1n) is 5.15. The van der Waals surface area contributed by atoms with E-state index in [2.05, 4.69) is 4.98 Å². The van der Waals surface area contributed by atoms with Crippen LogP contribution in [-0.4, -0.2) is 43.5 Å². The molecule has 1 aromatic rings. The van der Waals surface area contributed by atoms with Gasteiger partial charge in [-0.05, 0) is 13.8 Å². The maximum atomic E-state index is 12.4. The molecule has 1 fully saturated rings. The van der Waals surface area contributed by atoms with Crippen molar-refractivity contribution in [2.45, 2.75) is 24.1 Å². The van der Waals surface area contributed by atoms with Crippen LogP contribution in [0.2, 0.25) is 4.47 Å². The summed E-state index contributed by atoms with van der Waals surface area (Å²) >= 11 is 6.75. The Morgan fingerprint density at radius 3 is 2.82 bits per heavy atom. The smallest absolute Gasteiger partial charge is 0.254 e. The molecule has 0 bridgehead atoms. The van der Waals surface area contributed by atoms with E-state index in [1.165, 1.54) is 4.31 Å². The predicted molar refractivity (Wildman–Crippen MR) is 66.0 cm³/mol. The van der Waals surface area contributed by atoms with Crippen LogP contribution in [0.4, 0.5) is 0 Å². The Hall–Kier alpha value is -0.210. The largest absolute Gasteiger partial charge is 0.378 e. The number of nitrogens with zero attached hydrogens (tertiary/aromatic N) is 2. The number of morpholine rings is 1. The molecule has 0 N–H and O–H groups in total. The molecule has 1 atom stereocenters. The lowest BCUT2D eigenvalue weighted by Gasteiger charge is -2.31. The number of sulfonamides is 1. The standard InChI is InChI=1S/C9H13ClN2O3S2/c1-6-5-15-4-3-12(6)17(13,14)8-7(2)11-9(10)16-8/h6H,3-5H2,1-2H3/t6-/m1/s1. The van der Waals surface area contributed by atoms with Gasteiger partial charge in [-0.1, -0.05) is 22.9 Å². The summed E-state index contributed by atoms with van der Waals surface area (Å²) < 4.78 is 32.0. The van der Waals surface area contributed by atoms with Crippen molar-refractivity contribution >= 4 is 33.0 Å². The molecule has 0 radical (unpaired) electrons. The molecule has 17 heavy (non-hydrogen) atoms. The summed E-state index contributed by atoms with van der Waals surface area (Å²) in [5.41, 5.74) is 0.457. The van der Waals surface area contributed by atoms with E-state index < -0.39 is 10.0 Å². The highest BCUT2D eigenvalue weighted by Crippen LogP contribution is 2.30. The Morgan fingerprint density at radius 1 is 1.59 bits per heavy atom. The molecule has 1 aliphatic rings. The number of aromatic nitrogens is 1. The molecule has 2 heterocycles. The maximum absolute atomic E-state index is 12.4. The van der Waals surface area contributed by atoms with Gasteiger partial charge in [0.2, 0.25) is 0 Å². The molecule has 5 nitrogen and oxygen atoms in total. The lowest BCUT2D eigenvalue weighted by molar-refractivity contribution is 0.0393. The van der Waals surface area contributed by atoms with Gasteiger partial charge >= 0.3 is 0 Å². The van der Waals surface area contributed by atoms with Crippen molar-refractivity contribution in [2.75, 3.05) is 19.8 Å². The third kappa shape index (κ3) is 2.48. The van der Waals surface area contributed by atoms with Crippen LogP contribution in [0.5, 0.6) is 0 Å². The van der Waals surface area contributed by atoms with Crippen molar-refractivity contribution in [3.8, 4) is 0 Å². The second-order valence-electron chi connectivity index (χ2n) is 3.88. The van der Waals surface area contributed by atoms with Crippen LogP contribution in [0.3, 0.4) is 0 Å². The molecule has 8 heteroatoms. The normalized spacial score (nSPS) is 22.9. The SMILES string of the molecule is Cc1nc(Cl)sc1S(=O)(=O)N1CCOC[C@H]1C. The Kier molecular flexibility index (Phi) is 3.74. The minimum absolute atomic E-state index is 0.158. The molecule has 0 spiro atoms. The first-order chi connectivity index (χ1) is 7.93. The van der Waals surface area contributed by atoms with Crippen molar-refractivity contribution in [1.29, 1.82) is 0 Å². The fourth-order valence-corrected chi connectivity index (χ4v) is 5.22. The average molecular weight is 297 g/mol. The quantitative estimate of drug-likeness (QED) is 0.830. The van der Waals surface area contributed by atoms with E-state index in [-0.39, 0.29) is 14.7 Å². The highest BCUT2D eigenvalue weighted by molar-refractivity contribution is 7.91. The second-order valence-corrected chi connectivity index (χ2v) is 7.55. The summed E-state index contributed by atoms with van der Waals surface area (Å²) in [6, 6.07) is -0.158. The Morgan fingerprint density at radius 2 is 2.29 bits per heavy atom. The second kappa shape index (κ2) is 4.81. The van der Waals surface area contributed by atoms with Gasteiger partial charge in [0.1, 0.15) is 0 Å². The number of ether oxygens (including phenoxy) is 1. The van der Waals surface area contributed by atoms with Crippen LogP contribution >= 0.6 is 22.9 Å². The highest BCUT2D eigenvalue weighted by Gasteiger charge is 2.34. The van der Waals surface area contributed by atoms with E-state index in [1.54, 1.807) is 6.92 Å². The lowest BCUT2D eigenvalue weighted by Crippen LogP contribution is -2.46. The van der Waals surface area contributed by atoms with E-state index in [1.807, 2.05) is 6.92 Å². The van der Waals surface area contributed by atoms with Crippen molar-refractivity contribution < 1.29 is 13.2 Å². The monoisotopic (exact) mass is 296 g/mol. The molecule has 96 valence electrons. The van der Waals surface area contributed by atoms with Gasteiger partial charge in [0.25, 0.3) is 10.0 Å². The van der Waals surface area contributed by atoms with Gasteiger partial charge in [0.05, 0.1) is 18.9 Å². The van der Waals surface area contributed by atoms with Crippen molar-refractivity contribution in [1.82, 2.24) is 9.29 Å². The van der Waals surface area contributed by atoms with Gasteiger partial charge in [-0.3, -0.25) is 0 Å². The molecule has 0 saturated carbocycles. The molecule has 1 saturated heterocycles. The number of halogens is 1. The maximum Gasteiger partial charge on any atom is 0.254 e. The Bertz CT molecular complexity index is 514. The summed E-state index contributed by atoms with van der Waals surface area (Å²) in [6.07, 6.45) is 0. The van der Waals surface area contributed by atoms with Crippen LogP contribution in [-0.2, 0) is 14.8 Å². The Labute approximate surface area is 109 Å².